The van der Waals surface area contributed by atoms with E-state index in [0.717, 1.165) is 11.5 Å². The van der Waals surface area contributed by atoms with Crippen LogP contribution in [0.25, 0.3) is 0 Å². The number of rotatable bonds is 0. The second kappa shape index (κ2) is 2.36. The summed E-state index contributed by atoms with van der Waals surface area (Å²) in [6.07, 6.45) is 7.14. The summed E-state index contributed by atoms with van der Waals surface area (Å²) in [6.45, 7) is 2.02. The average molecular weight is 128 g/mol. The Bertz CT molecular complexity index is 124. The summed E-state index contributed by atoms with van der Waals surface area (Å²) in [4.78, 5) is 0. The van der Waals surface area contributed by atoms with Gasteiger partial charge < -0.3 is 0 Å². The van der Waals surface area contributed by atoms with Gasteiger partial charge in [-0.15, -0.1) is 0 Å². The molecule has 0 atom stereocenters. The van der Waals surface area contributed by atoms with Crippen LogP contribution in [-0.4, -0.2) is 0 Å². The predicted octanol–water partition coefficient (Wildman–Crippen LogP) is 2.66. The highest BCUT2D eigenvalue weighted by Gasteiger charge is 1.98. The van der Waals surface area contributed by atoms with Gasteiger partial charge in [-0.3, -0.25) is 0 Å². The normalized spacial score (nSPS) is 19.8. The van der Waals surface area contributed by atoms with Crippen molar-refractivity contribution in [3.05, 3.63) is 29.2 Å². The Kier molecular flexibility index (Phi) is 1.74. The van der Waals surface area contributed by atoms with Gasteiger partial charge in [-0.25, -0.2) is 0 Å². The molecule has 0 aromatic carbocycles. The molecule has 0 aromatic heterocycles. The summed E-state index contributed by atoms with van der Waals surface area (Å²) in [5.74, 6) is 0. The SMILES string of the molecule is CC1=CC[CH]C=C1Cl. The van der Waals surface area contributed by atoms with E-state index < -0.39 is 0 Å². The van der Waals surface area contributed by atoms with Crippen molar-refractivity contribution in [2.45, 2.75) is 13.3 Å². The minimum atomic E-state index is 0.872. The first-order valence-electron chi connectivity index (χ1n) is 2.67. The minimum absolute atomic E-state index is 0.872. The van der Waals surface area contributed by atoms with Crippen molar-refractivity contribution in [1.82, 2.24) is 0 Å². The molecule has 0 N–H and O–H groups in total. The zero-order valence-electron chi connectivity index (χ0n) is 4.82. The second-order valence-electron chi connectivity index (χ2n) is 1.87. The molecule has 1 rings (SSSR count). The van der Waals surface area contributed by atoms with Gasteiger partial charge in [0.05, 0.1) is 0 Å². The summed E-state index contributed by atoms with van der Waals surface area (Å²) in [5.41, 5.74) is 1.19. The molecule has 0 nitrogen and oxygen atoms in total. The van der Waals surface area contributed by atoms with E-state index in [4.69, 9.17) is 11.6 Å². The van der Waals surface area contributed by atoms with Crippen LogP contribution < -0.4 is 0 Å². The fourth-order valence-corrected chi connectivity index (χ4v) is 0.812. The summed E-state index contributed by atoms with van der Waals surface area (Å²) in [7, 11) is 0. The Balaban J connectivity index is 2.73. The molecule has 8 heavy (non-hydrogen) atoms. The Morgan fingerprint density at radius 1 is 1.62 bits per heavy atom. The maximum absolute atomic E-state index is 5.73. The summed E-state index contributed by atoms with van der Waals surface area (Å²) < 4.78 is 0. The highest BCUT2D eigenvalue weighted by Crippen LogP contribution is 2.19. The molecular weight excluding hydrogens is 120 g/mol. The molecule has 0 bridgehead atoms. The first kappa shape index (κ1) is 5.90. The van der Waals surface area contributed by atoms with Crippen LogP contribution in [-0.2, 0) is 0 Å². The highest BCUT2D eigenvalue weighted by atomic mass is 35.5. The standard InChI is InChI=1S/C7H8Cl/c1-6-4-2-3-5-7(6)8/h3-5H,2H2,1H3. The lowest BCUT2D eigenvalue weighted by molar-refractivity contribution is 1.21. The summed E-state index contributed by atoms with van der Waals surface area (Å²) in [6, 6.07) is 0. The lowest BCUT2D eigenvalue weighted by atomic mass is 10.1. The molecule has 43 valence electrons. The first-order valence-corrected chi connectivity index (χ1v) is 3.04. The lowest BCUT2D eigenvalue weighted by Crippen LogP contribution is -1.83. The number of halogens is 1. The molecule has 1 aliphatic carbocycles. The van der Waals surface area contributed by atoms with Crippen molar-refractivity contribution < 1.29 is 0 Å². The van der Waals surface area contributed by atoms with E-state index in [1.807, 2.05) is 13.0 Å². The minimum Gasteiger partial charge on any atom is -0.0844 e. The lowest BCUT2D eigenvalue weighted by Gasteiger charge is -2.03. The molecule has 0 fully saturated rings. The van der Waals surface area contributed by atoms with Gasteiger partial charge in [-0.2, -0.15) is 0 Å². The molecule has 0 spiro atoms. The van der Waals surface area contributed by atoms with Gasteiger partial charge >= 0.3 is 0 Å². The number of hydrogen-bond donors (Lipinski definition) is 0. The Hall–Kier alpha value is -0.230. The maximum atomic E-state index is 5.73. The van der Waals surface area contributed by atoms with Gasteiger partial charge in [0.1, 0.15) is 0 Å². The smallest absolute Gasteiger partial charge is 0.0395 e. The zero-order valence-corrected chi connectivity index (χ0v) is 5.57. The third kappa shape index (κ3) is 1.13. The molecule has 0 heterocycles. The largest absolute Gasteiger partial charge is 0.0844 e. The third-order valence-corrected chi connectivity index (χ3v) is 1.63. The van der Waals surface area contributed by atoms with Crippen molar-refractivity contribution in [1.29, 1.82) is 0 Å². The molecule has 1 aliphatic rings. The Morgan fingerprint density at radius 2 is 2.38 bits per heavy atom. The fraction of sp³-hybridized carbons (Fsp3) is 0.286. The van der Waals surface area contributed by atoms with Gasteiger partial charge in [0.25, 0.3) is 0 Å². The Morgan fingerprint density at radius 3 is 2.75 bits per heavy atom. The van der Waals surface area contributed by atoms with E-state index in [2.05, 4.69) is 12.5 Å². The predicted molar refractivity (Wildman–Crippen MR) is 36.6 cm³/mol. The van der Waals surface area contributed by atoms with Crippen molar-refractivity contribution in [2.75, 3.05) is 0 Å². The van der Waals surface area contributed by atoms with Crippen LogP contribution in [0.3, 0.4) is 0 Å². The van der Waals surface area contributed by atoms with Crippen LogP contribution in [0.5, 0.6) is 0 Å². The molecule has 1 heteroatoms. The van der Waals surface area contributed by atoms with Crippen LogP contribution in [0.4, 0.5) is 0 Å². The molecule has 0 unspecified atom stereocenters. The zero-order chi connectivity index (χ0) is 5.98. The molecule has 0 saturated heterocycles. The molecule has 0 saturated carbocycles. The Labute approximate surface area is 54.8 Å². The van der Waals surface area contributed by atoms with E-state index in [-0.39, 0.29) is 0 Å². The van der Waals surface area contributed by atoms with Crippen molar-refractivity contribution in [3.63, 3.8) is 0 Å². The molecular formula is C7H8Cl. The van der Waals surface area contributed by atoms with Crippen LogP contribution in [0.2, 0.25) is 0 Å². The van der Waals surface area contributed by atoms with E-state index in [1.54, 1.807) is 0 Å². The average Bonchev–Trinajstić information content (AvgIpc) is 1.77. The third-order valence-electron chi connectivity index (χ3n) is 1.20. The van der Waals surface area contributed by atoms with Gasteiger partial charge in [0, 0.05) is 5.03 Å². The van der Waals surface area contributed by atoms with Gasteiger partial charge in [0.2, 0.25) is 0 Å². The fourth-order valence-electron chi connectivity index (χ4n) is 0.645. The van der Waals surface area contributed by atoms with Gasteiger partial charge in [-0.1, -0.05) is 23.8 Å². The van der Waals surface area contributed by atoms with Crippen LogP contribution >= 0.6 is 11.6 Å². The quantitative estimate of drug-likeness (QED) is 0.469. The summed E-state index contributed by atoms with van der Waals surface area (Å²) in [5, 5.41) is 0.872. The van der Waals surface area contributed by atoms with Gasteiger partial charge in [-0.05, 0) is 25.3 Å². The highest BCUT2D eigenvalue weighted by molar-refractivity contribution is 6.32. The topological polar surface area (TPSA) is 0 Å². The number of hydrogen-bond acceptors (Lipinski definition) is 0. The molecule has 0 amide bonds. The van der Waals surface area contributed by atoms with Gasteiger partial charge in [0.15, 0.2) is 0 Å². The van der Waals surface area contributed by atoms with Crippen molar-refractivity contribution >= 4 is 11.6 Å². The van der Waals surface area contributed by atoms with E-state index >= 15 is 0 Å². The number of allylic oxidation sites excluding steroid dienone is 4. The van der Waals surface area contributed by atoms with Crippen molar-refractivity contribution in [3.8, 4) is 0 Å². The van der Waals surface area contributed by atoms with Crippen molar-refractivity contribution in [2.24, 2.45) is 0 Å². The first-order chi connectivity index (χ1) is 3.80. The maximum Gasteiger partial charge on any atom is 0.0395 e. The second-order valence-corrected chi connectivity index (χ2v) is 2.28. The molecule has 0 aromatic rings. The van der Waals surface area contributed by atoms with E-state index in [0.29, 0.717) is 0 Å². The monoisotopic (exact) mass is 127 g/mol. The van der Waals surface area contributed by atoms with E-state index in [1.165, 1.54) is 5.57 Å². The van der Waals surface area contributed by atoms with Crippen LogP contribution in [0, 0.1) is 6.42 Å². The van der Waals surface area contributed by atoms with E-state index in [9.17, 15) is 0 Å². The summed E-state index contributed by atoms with van der Waals surface area (Å²) >= 11 is 5.73. The van der Waals surface area contributed by atoms with Crippen LogP contribution in [0.15, 0.2) is 22.8 Å². The molecule has 1 radical (unpaired) electrons. The molecule has 0 aliphatic heterocycles. The van der Waals surface area contributed by atoms with Crippen LogP contribution in [0.1, 0.15) is 13.3 Å².